The van der Waals surface area contributed by atoms with Crippen LogP contribution in [0, 0.1) is 0 Å². The van der Waals surface area contributed by atoms with Crippen LogP contribution in [0.25, 0.3) is 0 Å². The maximum absolute atomic E-state index is 11.5. The summed E-state index contributed by atoms with van der Waals surface area (Å²) < 4.78 is 28.0. The molecule has 0 spiro atoms. The van der Waals surface area contributed by atoms with E-state index in [1.165, 1.54) is 13.2 Å². The average molecular weight is 365 g/mol. The van der Waals surface area contributed by atoms with Crippen LogP contribution in [-0.2, 0) is 21.2 Å². The van der Waals surface area contributed by atoms with Gasteiger partial charge < -0.3 is 10.1 Å². The van der Waals surface area contributed by atoms with Crippen molar-refractivity contribution in [3.8, 4) is 5.75 Å². The highest BCUT2D eigenvalue weighted by molar-refractivity contribution is 9.09. The van der Waals surface area contributed by atoms with Gasteiger partial charge >= 0.3 is 0 Å². The van der Waals surface area contributed by atoms with Gasteiger partial charge in [0.05, 0.1) is 12.4 Å². The molecule has 3 N–H and O–H groups in total. The highest BCUT2D eigenvalue weighted by Crippen LogP contribution is 2.24. The molecule has 0 aliphatic carbocycles. The zero-order valence-corrected chi connectivity index (χ0v) is 13.6. The normalized spacial score (nSPS) is 12.8. The summed E-state index contributed by atoms with van der Waals surface area (Å²) in [5.41, 5.74) is 0.747. The lowest BCUT2D eigenvalue weighted by molar-refractivity contribution is -0.119. The predicted molar refractivity (Wildman–Crippen MR) is 79.5 cm³/mol. The van der Waals surface area contributed by atoms with Crippen molar-refractivity contribution in [1.29, 1.82) is 0 Å². The Morgan fingerprint density at radius 2 is 2.15 bits per heavy atom. The molecule has 1 aromatic rings. The van der Waals surface area contributed by atoms with Crippen molar-refractivity contribution in [2.45, 2.75) is 24.3 Å². The summed E-state index contributed by atoms with van der Waals surface area (Å²) in [6.07, 6.45) is 0.491. The molecule has 1 amide bonds. The summed E-state index contributed by atoms with van der Waals surface area (Å²) in [5.74, 6) is 0.0751. The molecule has 0 radical (unpaired) electrons. The van der Waals surface area contributed by atoms with Crippen LogP contribution in [0.2, 0.25) is 0 Å². The van der Waals surface area contributed by atoms with E-state index in [9.17, 15) is 13.2 Å². The lowest BCUT2D eigenvalue weighted by Gasteiger charge is -2.14. The summed E-state index contributed by atoms with van der Waals surface area (Å²) in [7, 11) is -2.47. The van der Waals surface area contributed by atoms with Crippen molar-refractivity contribution in [3.63, 3.8) is 0 Å². The number of halogens is 1. The minimum Gasteiger partial charge on any atom is -0.495 e. The van der Waals surface area contributed by atoms with E-state index in [2.05, 4.69) is 21.2 Å². The van der Waals surface area contributed by atoms with E-state index < -0.39 is 10.0 Å². The highest BCUT2D eigenvalue weighted by Gasteiger charge is 2.16. The number of primary sulfonamides is 1. The number of nitrogens with one attached hydrogen (secondary N) is 1. The Kier molecular flexibility index (Phi) is 5.97. The number of hydrogen-bond donors (Lipinski definition) is 2. The van der Waals surface area contributed by atoms with Crippen LogP contribution in [0.5, 0.6) is 5.75 Å². The Hall–Kier alpha value is -1.12. The Balaban J connectivity index is 2.96. The van der Waals surface area contributed by atoms with E-state index in [0.717, 1.165) is 5.56 Å². The molecule has 1 unspecified atom stereocenters. The molecular formula is C12H17BrN2O4S. The van der Waals surface area contributed by atoms with Crippen molar-refractivity contribution in [2.75, 3.05) is 12.4 Å². The van der Waals surface area contributed by atoms with Gasteiger partial charge in [-0.25, -0.2) is 13.6 Å². The number of benzene rings is 1. The zero-order valence-electron chi connectivity index (χ0n) is 11.2. The largest absolute Gasteiger partial charge is 0.495 e. The predicted octanol–water partition coefficient (Wildman–Crippen LogP) is 0.785. The van der Waals surface area contributed by atoms with E-state index in [1.54, 1.807) is 12.1 Å². The molecule has 0 fully saturated rings. The molecule has 0 aliphatic heterocycles. The SMILES string of the molecule is COc1ccc(CC(C)NC(=O)CBr)cc1S(N)(=O)=O. The first kappa shape index (κ1) is 16.9. The van der Waals surface area contributed by atoms with E-state index in [-0.39, 0.29) is 27.9 Å². The van der Waals surface area contributed by atoms with Crippen LogP contribution in [0.3, 0.4) is 0 Å². The molecule has 0 aliphatic rings. The number of alkyl halides is 1. The second kappa shape index (κ2) is 7.05. The van der Waals surface area contributed by atoms with Crippen LogP contribution in [-0.4, -0.2) is 32.8 Å². The van der Waals surface area contributed by atoms with Crippen molar-refractivity contribution < 1.29 is 17.9 Å². The molecule has 0 saturated carbocycles. The summed E-state index contributed by atoms with van der Waals surface area (Å²) in [4.78, 5) is 11.2. The standard InChI is InChI=1S/C12H17BrN2O4S/c1-8(15-12(16)7-13)5-9-3-4-10(19-2)11(6-9)20(14,17)18/h3-4,6,8H,5,7H2,1-2H3,(H,15,16)(H2,14,17,18). The molecular weight excluding hydrogens is 348 g/mol. The Morgan fingerprint density at radius 3 is 2.65 bits per heavy atom. The van der Waals surface area contributed by atoms with Crippen molar-refractivity contribution in [3.05, 3.63) is 23.8 Å². The number of carbonyl (C=O) groups is 1. The van der Waals surface area contributed by atoms with E-state index in [4.69, 9.17) is 9.88 Å². The average Bonchev–Trinajstić information content (AvgIpc) is 2.37. The van der Waals surface area contributed by atoms with Gasteiger partial charge in [0.25, 0.3) is 0 Å². The topological polar surface area (TPSA) is 98.5 Å². The van der Waals surface area contributed by atoms with Crippen LogP contribution in [0.1, 0.15) is 12.5 Å². The molecule has 0 heterocycles. The second-order valence-electron chi connectivity index (χ2n) is 4.34. The van der Waals surface area contributed by atoms with E-state index >= 15 is 0 Å². The fourth-order valence-electron chi connectivity index (χ4n) is 1.79. The number of methoxy groups -OCH3 is 1. The van der Waals surface area contributed by atoms with Crippen LogP contribution in [0.4, 0.5) is 0 Å². The van der Waals surface area contributed by atoms with Crippen molar-refractivity contribution in [1.82, 2.24) is 5.32 Å². The van der Waals surface area contributed by atoms with Gasteiger partial charge in [0.1, 0.15) is 10.6 Å². The van der Waals surface area contributed by atoms with Gasteiger partial charge in [0, 0.05) is 6.04 Å². The number of nitrogens with two attached hydrogens (primary N) is 1. The number of carbonyl (C=O) groups excluding carboxylic acids is 1. The highest BCUT2D eigenvalue weighted by atomic mass is 79.9. The fraction of sp³-hybridized carbons (Fsp3) is 0.417. The van der Waals surface area contributed by atoms with Gasteiger partial charge in [-0.15, -0.1) is 0 Å². The number of amides is 1. The quantitative estimate of drug-likeness (QED) is 0.728. The van der Waals surface area contributed by atoms with Gasteiger partial charge in [-0.2, -0.15) is 0 Å². The third-order valence-corrected chi connectivity index (χ3v) is 4.05. The van der Waals surface area contributed by atoms with Crippen LogP contribution < -0.4 is 15.2 Å². The molecule has 0 saturated heterocycles. The van der Waals surface area contributed by atoms with Gasteiger partial charge in [-0.1, -0.05) is 22.0 Å². The Bertz CT molecular complexity index is 589. The molecule has 112 valence electrons. The summed E-state index contributed by atoms with van der Waals surface area (Å²) in [5, 5.41) is 8.14. The Morgan fingerprint density at radius 1 is 1.50 bits per heavy atom. The van der Waals surface area contributed by atoms with Crippen LogP contribution in [0.15, 0.2) is 23.1 Å². The molecule has 0 bridgehead atoms. The van der Waals surface area contributed by atoms with Gasteiger partial charge in [0.15, 0.2) is 0 Å². The minimum absolute atomic E-state index is 0.0588. The van der Waals surface area contributed by atoms with Crippen molar-refractivity contribution in [2.24, 2.45) is 5.14 Å². The van der Waals surface area contributed by atoms with Crippen molar-refractivity contribution >= 4 is 31.9 Å². The summed E-state index contributed by atoms with van der Waals surface area (Å²) in [6, 6.07) is 4.63. The minimum atomic E-state index is -3.85. The molecule has 1 rings (SSSR count). The Labute approximate surface area is 126 Å². The first-order valence-corrected chi connectivity index (χ1v) is 8.49. The maximum Gasteiger partial charge on any atom is 0.241 e. The number of ether oxygens (including phenoxy) is 1. The third-order valence-electron chi connectivity index (χ3n) is 2.61. The molecule has 1 aromatic carbocycles. The number of hydrogen-bond acceptors (Lipinski definition) is 4. The van der Waals surface area contributed by atoms with Gasteiger partial charge in [-0.05, 0) is 31.0 Å². The maximum atomic E-state index is 11.5. The molecule has 6 nitrogen and oxygen atoms in total. The number of rotatable bonds is 6. The fourth-order valence-corrected chi connectivity index (χ4v) is 2.70. The lowest BCUT2D eigenvalue weighted by atomic mass is 10.1. The smallest absolute Gasteiger partial charge is 0.241 e. The lowest BCUT2D eigenvalue weighted by Crippen LogP contribution is -2.34. The second-order valence-corrected chi connectivity index (χ2v) is 6.43. The van der Waals surface area contributed by atoms with Gasteiger partial charge in [0.2, 0.25) is 15.9 Å². The van der Waals surface area contributed by atoms with Gasteiger partial charge in [-0.3, -0.25) is 4.79 Å². The molecule has 8 heteroatoms. The van der Waals surface area contributed by atoms with E-state index in [1.807, 2.05) is 6.92 Å². The monoisotopic (exact) mass is 364 g/mol. The molecule has 20 heavy (non-hydrogen) atoms. The first-order chi connectivity index (χ1) is 9.27. The summed E-state index contributed by atoms with van der Waals surface area (Å²) >= 11 is 3.06. The van der Waals surface area contributed by atoms with Crippen LogP contribution >= 0.6 is 15.9 Å². The zero-order chi connectivity index (χ0) is 15.3. The third kappa shape index (κ3) is 4.77. The summed E-state index contributed by atoms with van der Waals surface area (Å²) in [6.45, 7) is 1.83. The molecule has 0 aromatic heterocycles. The number of sulfonamides is 1. The molecule has 1 atom stereocenters. The van der Waals surface area contributed by atoms with E-state index in [0.29, 0.717) is 6.42 Å². The first-order valence-electron chi connectivity index (χ1n) is 5.83.